The van der Waals surface area contributed by atoms with E-state index in [-0.39, 0.29) is 0 Å². The second-order valence-electron chi connectivity index (χ2n) is 5.44. The molecule has 0 N–H and O–H groups in total. The summed E-state index contributed by atoms with van der Waals surface area (Å²) in [6.07, 6.45) is 0. The molecule has 0 amide bonds. The molecule has 0 aliphatic carbocycles. The van der Waals surface area contributed by atoms with Crippen LogP contribution in [0.5, 0.6) is 23.0 Å². The first-order valence-electron chi connectivity index (χ1n) is 8.20. The number of aromatic nitrogens is 1. The average Bonchev–Trinajstić information content (AvgIpc) is 3.17. The number of nitrogens with zero attached hydrogens (tertiary/aromatic N) is 1. The van der Waals surface area contributed by atoms with Crippen molar-refractivity contribution < 1.29 is 18.9 Å². The van der Waals surface area contributed by atoms with Crippen LogP contribution in [-0.4, -0.2) is 32.3 Å². The molecule has 6 heteroatoms. The minimum Gasteiger partial charge on any atom is -0.497 e. The molecule has 3 aromatic rings. The molecule has 0 bridgehead atoms. The van der Waals surface area contributed by atoms with Gasteiger partial charge in [0.1, 0.15) is 11.5 Å². The van der Waals surface area contributed by atoms with Gasteiger partial charge in [-0.2, -0.15) is 4.37 Å². The van der Waals surface area contributed by atoms with Crippen LogP contribution in [0.25, 0.3) is 21.7 Å². The van der Waals surface area contributed by atoms with Gasteiger partial charge in [0.15, 0.2) is 11.5 Å². The zero-order chi connectivity index (χ0) is 18.5. The molecule has 26 heavy (non-hydrogen) atoms. The van der Waals surface area contributed by atoms with E-state index in [1.54, 1.807) is 27.4 Å². The molecule has 0 saturated carbocycles. The fourth-order valence-corrected chi connectivity index (χ4v) is 3.44. The van der Waals surface area contributed by atoms with Crippen molar-refractivity contribution in [2.45, 2.75) is 6.92 Å². The molecule has 0 fully saturated rings. The summed E-state index contributed by atoms with van der Waals surface area (Å²) in [7, 11) is 4.87. The van der Waals surface area contributed by atoms with Crippen LogP contribution in [0.3, 0.4) is 0 Å². The number of hydrogen-bond acceptors (Lipinski definition) is 6. The Bertz CT molecular complexity index is 874. The molecule has 0 atom stereocenters. The zero-order valence-electron chi connectivity index (χ0n) is 15.2. The molecule has 0 aliphatic rings. The van der Waals surface area contributed by atoms with Gasteiger partial charge in [0, 0.05) is 17.2 Å². The summed E-state index contributed by atoms with van der Waals surface area (Å²) >= 11 is 1.41. The van der Waals surface area contributed by atoms with Gasteiger partial charge in [-0.15, -0.1) is 0 Å². The Kier molecular flexibility index (Phi) is 5.63. The number of methoxy groups -OCH3 is 3. The molecule has 5 nitrogen and oxygen atoms in total. The standard InChI is InChI=1S/C20H21NO4S/c1-5-25-14-8-6-13(7-9-14)17-12-19(26-21-17)16-10-15(22-2)11-18(23-3)20(16)24-4/h6-12H,5H2,1-4H3. The summed E-state index contributed by atoms with van der Waals surface area (Å²) in [6, 6.07) is 13.7. The lowest BCUT2D eigenvalue weighted by atomic mass is 10.1. The minimum atomic E-state index is 0.623. The lowest BCUT2D eigenvalue weighted by Crippen LogP contribution is -1.94. The second-order valence-corrected chi connectivity index (χ2v) is 6.25. The number of rotatable bonds is 7. The van der Waals surface area contributed by atoms with Gasteiger partial charge in [0.25, 0.3) is 0 Å². The number of ether oxygens (including phenoxy) is 4. The highest BCUT2D eigenvalue weighted by Gasteiger charge is 2.17. The second kappa shape index (κ2) is 8.10. The summed E-state index contributed by atoms with van der Waals surface area (Å²) < 4.78 is 26.5. The lowest BCUT2D eigenvalue weighted by Gasteiger charge is -2.13. The van der Waals surface area contributed by atoms with Gasteiger partial charge in [-0.25, -0.2) is 0 Å². The molecule has 136 valence electrons. The first-order chi connectivity index (χ1) is 12.7. The maximum atomic E-state index is 5.56. The van der Waals surface area contributed by atoms with Crippen molar-refractivity contribution in [2.75, 3.05) is 27.9 Å². The highest BCUT2D eigenvalue weighted by molar-refractivity contribution is 7.09. The van der Waals surface area contributed by atoms with Crippen LogP contribution in [-0.2, 0) is 0 Å². The van der Waals surface area contributed by atoms with E-state index in [2.05, 4.69) is 4.37 Å². The van der Waals surface area contributed by atoms with Gasteiger partial charge in [0.05, 0.1) is 38.5 Å². The van der Waals surface area contributed by atoms with E-state index in [0.717, 1.165) is 27.4 Å². The summed E-state index contributed by atoms with van der Waals surface area (Å²) in [4.78, 5) is 0.975. The normalized spacial score (nSPS) is 10.5. The Morgan fingerprint density at radius 1 is 0.885 bits per heavy atom. The van der Waals surface area contributed by atoms with Crippen LogP contribution in [0, 0.1) is 0 Å². The van der Waals surface area contributed by atoms with Crippen LogP contribution in [0.4, 0.5) is 0 Å². The van der Waals surface area contributed by atoms with E-state index in [0.29, 0.717) is 23.9 Å². The van der Waals surface area contributed by atoms with Crippen molar-refractivity contribution in [2.24, 2.45) is 0 Å². The van der Waals surface area contributed by atoms with Gasteiger partial charge in [-0.05, 0) is 54.9 Å². The zero-order valence-corrected chi connectivity index (χ0v) is 16.1. The Labute approximate surface area is 157 Å². The largest absolute Gasteiger partial charge is 0.497 e. The van der Waals surface area contributed by atoms with Crippen LogP contribution >= 0.6 is 11.5 Å². The molecule has 0 aliphatic heterocycles. The lowest BCUT2D eigenvalue weighted by molar-refractivity contribution is 0.340. The molecule has 1 aromatic heterocycles. The highest BCUT2D eigenvalue weighted by Crippen LogP contribution is 2.43. The molecule has 0 radical (unpaired) electrons. The van der Waals surface area contributed by atoms with Gasteiger partial charge in [-0.3, -0.25) is 0 Å². The molecule has 2 aromatic carbocycles. The van der Waals surface area contributed by atoms with Crippen LogP contribution in [0.2, 0.25) is 0 Å². The highest BCUT2D eigenvalue weighted by atomic mass is 32.1. The van der Waals surface area contributed by atoms with Crippen LogP contribution in [0.1, 0.15) is 6.92 Å². The van der Waals surface area contributed by atoms with Crippen molar-refractivity contribution in [1.82, 2.24) is 4.37 Å². The molecule has 3 rings (SSSR count). The summed E-state index contributed by atoms with van der Waals surface area (Å²) in [5, 5.41) is 0. The van der Waals surface area contributed by atoms with E-state index in [4.69, 9.17) is 18.9 Å². The van der Waals surface area contributed by atoms with E-state index in [1.165, 1.54) is 11.5 Å². The van der Waals surface area contributed by atoms with Crippen LogP contribution < -0.4 is 18.9 Å². The molecule has 0 spiro atoms. The van der Waals surface area contributed by atoms with Gasteiger partial charge >= 0.3 is 0 Å². The Morgan fingerprint density at radius 3 is 2.27 bits per heavy atom. The summed E-state index contributed by atoms with van der Waals surface area (Å²) in [5.74, 6) is 2.84. The van der Waals surface area contributed by atoms with Gasteiger partial charge in [-0.1, -0.05) is 0 Å². The summed E-state index contributed by atoms with van der Waals surface area (Å²) in [6.45, 7) is 2.62. The third kappa shape index (κ3) is 3.60. The topological polar surface area (TPSA) is 49.8 Å². The molecule has 1 heterocycles. The van der Waals surface area contributed by atoms with E-state index in [1.807, 2.05) is 43.3 Å². The van der Waals surface area contributed by atoms with Crippen molar-refractivity contribution in [1.29, 1.82) is 0 Å². The predicted molar refractivity (Wildman–Crippen MR) is 104 cm³/mol. The summed E-state index contributed by atoms with van der Waals surface area (Å²) in [5.41, 5.74) is 2.82. The van der Waals surface area contributed by atoms with Gasteiger partial charge in [0.2, 0.25) is 0 Å². The van der Waals surface area contributed by atoms with E-state index < -0.39 is 0 Å². The maximum absolute atomic E-state index is 5.56. The van der Waals surface area contributed by atoms with Crippen LogP contribution in [0.15, 0.2) is 42.5 Å². The number of benzene rings is 2. The third-order valence-corrected chi connectivity index (χ3v) is 4.75. The Hall–Kier alpha value is -2.73. The fraction of sp³-hybridized carbons (Fsp3) is 0.250. The van der Waals surface area contributed by atoms with Gasteiger partial charge < -0.3 is 18.9 Å². The quantitative estimate of drug-likeness (QED) is 0.591. The monoisotopic (exact) mass is 371 g/mol. The van der Waals surface area contributed by atoms with E-state index in [9.17, 15) is 0 Å². The molecular weight excluding hydrogens is 350 g/mol. The molecule has 0 saturated heterocycles. The Balaban J connectivity index is 1.99. The minimum absolute atomic E-state index is 0.623. The van der Waals surface area contributed by atoms with Crippen molar-refractivity contribution in [3.8, 4) is 44.7 Å². The predicted octanol–water partition coefficient (Wildman–Crippen LogP) is 4.90. The first kappa shape index (κ1) is 18.1. The maximum Gasteiger partial charge on any atom is 0.169 e. The van der Waals surface area contributed by atoms with Crippen molar-refractivity contribution in [3.05, 3.63) is 42.5 Å². The Morgan fingerprint density at radius 2 is 1.65 bits per heavy atom. The number of hydrogen-bond donors (Lipinski definition) is 0. The van der Waals surface area contributed by atoms with E-state index >= 15 is 0 Å². The van der Waals surface area contributed by atoms with Crippen molar-refractivity contribution >= 4 is 11.5 Å². The third-order valence-electron chi connectivity index (χ3n) is 3.92. The molecule has 0 unspecified atom stereocenters. The fourth-order valence-electron chi connectivity index (χ4n) is 2.67. The first-order valence-corrected chi connectivity index (χ1v) is 8.97. The average molecular weight is 371 g/mol. The SMILES string of the molecule is CCOc1ccc(-c2cc(-c3cc(OC)cc(OC)c3OC)sn2)cc1. The smallest absolute Gasteiger partial charge is 0.169 e. The van der Waals surface area contributed by atoms with Crippen molar-refractivity contribution in [3.63, 3.8) is 0 Å². The molecular formula is C20H21NO4S.